The second-order valence-corrected chi connectivity index (χ2v) is 6.20. The summed E-state index contributed by atoms with van der Waals surface area (Å²) in [6.07, 6.45) is 0. The molecule has 0 aromatic heterocycles. The van der Waals surface area contributed by atoms with Crippen LogP contribution in [-0.2, 0) is 4.79 Å². The highest BCUT2D eigenvalue weighted by atomic mass is 16.4. The summed E-state index contributed by atoms with van der Waals surface area (Å²) in [5, 5.41) is 9.11. The molecule has 21 heavy (non-hydrogen) atoms. The number of hydrogen-bond donors (Lipinski definition) is 2. The average molecular weight is 291 g/mol. The number of piperazine rings is 1. The van der Waals surface area contributed by atoms with E-state index in [1.165, 1.54) is 16.8 Å². The smallest absolute Gasteiger partial charge is 0.324 e. The molecule has 0 aliphatic carbocycles. The number of nitrogens with zero attached hydrogens (tertiary/aromatic N) is 2. The molecule has 1 aliphatic heterocycles. The van der Waals surface area contributed by atoms with Gasteiger partial charge in [-0.2, -0.15) is 0 Å². The number of carboxylic acid groups (broad SMARTS) is 1. The maximum atomic E-state index is 11.1. The number of benzene rings is 1. The van der Waals surface area contributed by atoms with E-state index >= 15 is 0 Å². The fourth-order valence-electron chi connectivity index (χ4n) is 2.76. The first-order valence-corrected chi connectivity index (χ1v) is 7.37. The summed E-state index contributed by atoms with van der Waals surface area (Å²) in [4.78, 5) is 15.6. The van der Waals surface area contributed by atoms with E-state index in [1.807, 2.05) is 0 Å². The lowest BCUT2D eigenvalue weighted by molar-refractivity contribution is -0.143. The summed E-state index contributed by atoms with van der Waals surface area (Å²) >= 11 is 0. The van der Waals surface area contributed by atoms with Crippen molar-refractivity contribution < 1.29 is 9.90 Å². The zero-order chi connectivity index (χ0) is 15.6. The molecule has 1 aromatic carbocycles. The van der Waals surface area contributed by atoms with Gasteiger partial charge < -0.3 is 15.7 Å². The van der Waals surface area contributed by atoms with Crippen LogP contribution < -0.4 is 10.6 Å². The SMILES string of the molecule is Cc1cccc(N2CCN(CC(C)(N)C(=O)O)CC2)c1C. The van der Waals surface area contributed by atoms with E-state index in [0.29, 0.717) is 6.54 Å². The summed E-state index contributed by atoms with van der Waals surface area (Å²) in [5.74, 6) is -0.945. The van der Waals surface area contributed by atoms with E-state index < -0.39 is 11.5 Å². The van der Waals surface area contributed by atoms with Crippen molar-refractivity contribution in [2.24, 2.45) is 5.73 Å². The van der Waals surface area contributed by atoms with Crippen LogP contribution in [0.25, 0.3) is 0 Å². The van der Waals surface area contributed by atoms with Crippen molar-refractivity contribution in [2.75, 3.05) is 37.6 Å². The second kappa shape index (κ2) is 6.03. The van der Waals surface area contributed by atoms with Crippen LogP contribution in [0.1, 0.15) is 18.1 Å². The topological polar surface area (TPSA) is 69.8 Å². The minimum Gasteiger partial charge on any atom is -0.480 e. The fourth-order valence-corrected chi connectivity index (χ4v) is 2.76. The minimum absolute atomic E-state index is 0.392. The third-order valence-electron chi connectivity index (χ3n) is 4.33. The van der Waals surface area contributed by atoms with Gasteiger partial charge in [0.25, 0.3) is 0 Å². The second-order valence-electron chi connectivity index (χ2n) is 6.20. The van der Waals surface area contributed by atoms with Gasteiger partial charge in [0.2, 0.25) is 0 Å². The largest absolute Gasteiger partial charge is 0.480 e. The molecule has 1 atom stereocenters. The Morgan fingerprint density at radius 1 is 1.29 bits per heavy atom. The Morgan fingerprint density at radius 2 is 1.90 bits per heavy atom. The maximum absolute atomic E-state index is 11.1. The molecule has 1 aliphatic rings. The molecule has 0 radical (unpaired) electrons. The van der Waals surface area contributed by atoms with Crippen LogP contribution in [0.15, 0.2) is 18.2 Å². The van der Waals surface area contributed by atoms with E-state index in [-0.39, 0.29) is 0 Å². The van der Waals surface area contributed by atoms with E-state index in [0.717, 1.165) is 26.2 Å². The first-order valence-electron chi connectivity index (χ1n) is 7.37. The number of carbonyl (C=O) groups is 1. The highest BCUT2D eigenvalue weighted by molar-refractivity contribution is 5.78. The summed E-state index contributed by atoms with van der Waals surface area (Å²) in [6.45, 7) is 9.73. The summed E-state index contributed by atoms with van der Waals surface area (Å²) in [6, 6.07) is 6.37. The molecule has 5 heteroatoms. The van der Waals surface area contributed by atoms with Gasteiger partial charge >= 0.3 is 5.97 Å². The van der Waals surface area contributed by atoms with Crippen molar-refractivity contribution in [1.82, 2.24) is 4.90 Å². The molecule has 116 valence electrons. The van der Waals surface area contributed by atoms with Crippen molar-refractivity contribution in [3.8, 4) is 0 Å². The zero-order valence-corrected chi connectivity index (χ0v) is 13.1. The number of nitrogens with two attached hydrogens (primary N) is 1. The molecule has 3 N–H and O–H groups in total. The standard InChI is InChI=1S/C16H25N3O2/c1-12-5-4-6-14(13(12)2)19-9-7-18(8-10-19)11-16(3,17)15(20)21/h4-6H,7-11,17H2,1-3H3,(H,20,21). The van der Waals surface area contributed by atoms with Crippen LogP contribution in [-0.4, -0.2) is 54.2 Å². The van der Waals surface area contributed by atoms with Gasteiger partial charge in [0.1, 0.15) is 5.54 Å². The molecule has 0 amide bonds. The Morgan fingerprint density at radius 3 is 2.48 bits per heavy atom. The number of aliphatic carboxylic acids is 1. The molecular formula is C16H25N3O2. The van der Waals surface area contributed by atoms with Crippen LogP contribution in [0.2, 0.25) is 0 Å². The molecule has 5 nitrogen and oxygen atoms in total. The van der Waals surface area contributed by atoms with Crippen molar-refractivity contribution in [2.45, 2.75) is 26.3 Å². The molecule has 2 rings (SSSR count). The third-order valence-corrected chi connectivity index (χ3v) is 4.33. The Hall–Kier alpha value is -1.59. The van der Waals surface area contributed by atoms with Crippen molar-refractivity contribution in [3.05, 3.63) is 29.3 Å². The van der Waals surface area contributed by atoms with Crippen molar-refractivity contribution >= 4 is 11.7 Å². The normalized spacial score (nSPS) is 19.3. The summed E-state index contributed by atoms with van der Waals surface area (Å²) < 4.78 is 0. The van der Waals surface area contributed by atoms with E-state index in [4.69, 9.17) is 10.8 Å². The molecule has 0 bridgehead atoms. The van der Waals surface area contributed by atoms with Crippen LogP contribution in [0.4, 0.5) is 5.69 Å². The lowest BCUT2D eigenvalue weighted by Crippen LogP contribution is -2.57. The van der Waals surface area contributed by atoms with Gasteiger partial charge in [0.05, 0.1) is 0 Å². The molecule has 1 fully saturated rings. The predicted octanol–water partition coefficient (Wildman–Crippen LogP) is 1.23. The average Bonchev–Trinajstić information content (AvgIpc) is 2.42. The lowest BCUT2D eigenvalue weighted by atomic mass is 10.0. The quantitative estimate of drug-likeness (QED) is 0.873. The van der Waals surface area contributed by atoms with Gasteiger partial charge in [-0.05, 0) is 38.0 Å². The van der Waals surface area contributed by atoms with E-state index in [2.05, 4.69) is 41.8 Å². The van der Waals surface area contributed by atoms with Crippen LogP contribution in [0, 0.1) is 13.8 Å². The molecule has 1 saturated heterocycles. The molecule has 1 unspecified atom stereocenters. The zero-order valence-electron chi connectivity index (χ0n) is 13.1. The summed E-state index contributed by atoms with van der Waals surface area (Å²) in [7, 11) is 0. The van der Waals surface area contributed by atoms with Gasteiger partial charge in [-0.25, -0.2) is 0 Å². The number of hydrogen-bond acceptors (Lipinski definition) is 4. The lowest BCUT2D eigenvalue weighted by Gasteiger charge is -2.39. The van der Waals surface area contributed by atoms with Gasteiger partial charge in [-0.15, -0.1) is 0 Å². The van der Waals surface area contributed by atoms with E-state index in [1.54, 1.807) is 6.92 Å². The number of anilines is 1. The number of aryl methyl sites for hydroxylation is 1. The Bertz CT molecular complexity index is 520. The van der Waals surface area contributed by atoms with Gasteiger partial charge in [0.15, 0.2) is 0 Å². The molecule has 0 spiro atoms. The Labute approximate surface area is 126 Å². The highest BCUT2D eigenvalue weighted by Crippen LogP contribution is 2.24. The van der Waals surface area contributed by atoms with Gasteiger partial charge in [-0.1, -0.05) is 12.1 Å². The first-order chi connectivity index (χ1) is 9.81. The monoisotopic (exact) mass is 291 g/mol. The van der Waals surface area contributed by atoms with Crippen molar-refractivity contribution in [1.29, 1.82) is 0 Å². The Kier molecular flexibility index (Phi) is 4.54. The van der Waals surface area contributed by atoms with Crippen LogP contribution in [0.3, 0.4) is 0 Å². The molecule has 1 heterocycles. The van der Waals surface area contributed by atoms with Crippen LogP contribution >= 0.6 is 0 Å². The Balaban J connectivity index is 1.98. The first kappa shape index (κ1) is 15.8. The summed E-state index contributed by atoms with van der Waals surface area (Å²) in [5.41, 5.74) is 8.55. The number of carboxylic acids is 1. The van der Waals surface area contributed by atoms with Gasteiger partial charge in [-0.3, -0.25) is 9.69 Å². The highest BCUT2D eigenvalue weighted by Gasteiger charge is 2.31. The fraction of sp³-hybridized carbons (Fsp3) is 0.562. The molecule has 1 aromatic rings. The molecular weight excluding hydrogens is 266 g/mol. The van der Waals surface area contributed by atoms with Crippen molar-refractivity contribution in [3.63, 3.8) is 0 Å². The minimum atomic E-state index is -1.18. The van der Waals surface area contributed by atoms with Crippen LogP contribution in [0.5, 0.6) is 0 Å². The third kappa shape index (κ3) is 3.54. The van der Waals surface area contributed by atoms with Gasteiger partial charge in [0, 0.05) is 38.4 Å². The maximum Gasteiger partial charge on any atom is 0.324 e. The predicted molar refractivity (Wildman–Crippen MR) is 84.8 cm³/mol. The molecule has 0 saturated carbocycles. The van der Waals surface area contributed by atoms with E-state index in [9.17, 15) is 4.79 Å². The number of rotatable bonds is 4.